The van der Waals surface area contributed by atoms with Gasteiger partial charge in [0.05, 0.1) is 17.1 Å². The van der Waals surface area contributed by atoms with Crippen LogP contribution in [0, 0.1) is 0 Å². The summed E-state index contributed by atoms with van der Waals surface area (Å²) >= 11 is 0. The Morgan fingerprint density at radius 1 is 1.04 bits per heavy atom. The zero-order chi connectivity index (χ0) is 19.0. The summed E-state index contributed by atoms with van der Waals surface area (Å²) in [6, 6.07) is 12.7. The average Bonchev–Trinajstić information content (AvgIpc) is 2.61. The molecule has 6 nitrogen and oxygen atoms in total. The lowest BCUT2D eigenvalue weighted by atomic mass is 10.1. The van der Waals surface area contributed by atoms with E-state index >= 15 is 0 Å². The molecule has 0 unspecified atom stereocenters. The third-order valence-corrected chi connectivity index (χ3v) is 4.76. The van der Waals surface area contributed by atoms with Crippen LogP contribution in [0.2, 0.25) is 0 Å². The van der Waals surface area contributed by atoms with E-state index in [-0.39, 0.29) is 10.8 Å². The minimum atomic E-state index is -3.76. The van der Waals surface area contributed by atoms with Crippen molar-refractivity contribution in [2.45, 2.75) is 37.5 Å². The molecular weight excluding hydrogens is 352 g/mol. The van der Waals surface area contributed by atoms with Crippen molar-refractivity contribution in [3.8, 4) is 5.75 Å². The number of amides is 1. The predicted octanol–water partition coefficient (Wildman–Crippen LogP) is 3.55. The summed E-state index contributed by atoms with van der Waals surface area (Å²) in [5.41, 5.74) is 0.902. The Labute approximate surface area is 154 Å². The Morgan fingerprint density at radius 2 is 1.73 bits per heavy atom. The van der Waals surface area contributed by atoms with Crippen LogP contribution in [0.5, 0.6) is 5.75 Å². The smallest absolute Gasteiger partial charge is 0.259 e. The SMILES string of the molecule is CCCCCCOc1ccccc1C(=O)Nc1ccc(S(N)(=O)=O)cc1. The number of carbonyl (C=O) groups is 1. The van der Waals surface area contributed by atoms with E-state index in [1.54, 1.807) is 18.2 Å². The second-order valence-electron chi connectivity index (χ2n) is 5.93. The van der Waals surface area contributed by atoms with Crippen LogP contribution < -0.4 is 15.2 Å². The molecule has 26 heavy (non-hydrogen) atoms. The molecule has 140 valence electrons. The summed E-state index contributed by atoms with van der Waals surface area (Å²) < 4.78 is 28.3. The second-order valence-corrected chi connectivity index (χ2v) is 7.49. The summed E-state index contributed by atoms with van der Waals surface area (Å²) in [7, 11) is -3.76. The standard InChI is InChI=1S/C19H24N2O4S/c1-2-3-4-7-14-25-18-9-6-5-8-17(18)19(22)21-15-10-12-16(13-11-15)26(20,23)24/h5-6,8-13H,2-4,7,14H2,1H3,(H,21,22)(H2,20,23,24). The second kappa shape index (κ2) is 9.35. The maximum Gasteiger partial charge on any atom is 0.259 e. The average molecular weight is 376 g/mol. The van der Waals surface area contributed by atoms with Crippen molar-refractivity contribution in [1.82, 2.24) is 0 Å². The van der Waals surface area contributed by atoms with Gasteiger partial charge in [0.25, 0.3) is 5.91 Å². The molecule has 0 saturated carbocycles. The molecule has 0 aliphatic heterocycles. The van der Waals surface area contributed by atoms with Gasteiger partial charge in [0.2, 0.25) is 10.0 Å². The molecule has 0 heterocycles. The Balaban J connectivity index is 2.03. The van der Waals surface area contributed by atoms with E-state index in [4.69, 9.17) is 9.88 Å². The van der Waals surface area contributed by atoms with Crippen LogP contribution in [0.4, 0.5) is 5.69 Å². The van der Waals surface area contributed by atoms with Crippen LogP contribution in [0.1, 0.15) is 43.0 Å². The number of ether oxygens (including phenoxy) is 1. The molecule has 0 fully saturated rings. The summed E-state index contributed by atoms with van der Waals surface area (Å²) in [5, 5.41) is 7.80. The Kier molecular flexibility index (Phi) is 7.17. The number of primary sulfonamides is 1. The van der Waals surface area contributed by atoms with Gasteiger partial charge < -0.3 is 10.1 Å². The number of anilines is 1. The lowest BCUT2D eigenvalue weighted by Crippen LogP contribution is -2.15. The van der Waals surface area contributed by atoms with Crippen molar-refractivity contribution >= 4 is 21.6 Å². The number of nitrogens with two attached hydrogens (primary N) is 1. The first-order valence-electron chi connectivity index (χ1n) is 8.58. The van der Waals surface area contributed by atoms with Crippen LogP contribution in [0.15, 0.2) is 53.4 Å². The van der Waals surface area contributed by atoms with Crippen molar-refractivity contribution in [3.63, 3.8) is 0 Å². The molecule has 3 N–H and O–H groups in total. The van der Waals surface area contributed by atoms with E-state index in [1.807, 2.05) is 6.07 Å². The number of para-hydroxylation sites is 1. The van der Waals surface area contributed by atoms with Gasteiger partial charge in [-0.2, -0.15) is 0 Å². The van der Waals surface area contributed by atoms with Gasteiger partial charge in [-0.25, -0.2) is 13.6 Å². The molecule has 7 heteroatoms. The fraction of sp³-hybridized carbons (Fsp3) is 0.316. The zero-order valence-corrected chi connectivity index (χ0v) is 15.6. The van der Waals surface area contributed by atoms with Gasteiger partial charge in [0, 0.05) is 5.69 Å². The molecular formula is C19H24N2O4S. The fourth-order valence-electron chi connectivity index (χ4n) is 2.42. The van der Waals surface area contributed by atoms with Gasteiger partial charge in [0.1, 0.15) is 5.75 Å². The molecule has 2 aromatic carbocycles. The molecule has 2 aromatic rings. The lowest BCUT2D eigenvalue weighted by Gasteiger charge is -2.12. The molecule has 0 aromatic heterocycles. The van der Waals surface area contributed by atoms with E-state index in [0.29, 0.717) is 23.6 Å². The Bertz CT molecular complexity index is 833. The van der Waals surface area contributed by atoms with E-state index in [2.05, 4.69) is 12.2 Å². The zero-order valence-electron chi connectivity index (χ0n) is 14.8. The number of hydrogen-bond acceptors (Lipinski definition) is 4. The van der Waals surface area contributed by atoms with Crippen LogP contribution in [-0.2, 0) is 10.0 Å². The third kappa shape index (κ3) is 5.86. The Hall–Kier alpha value is -2.38. The fourth-order valence-corrected chi connectivity index (χ4v) is 2.93. The van der Waals surface area contributed by atoms with E-state index in [0.717, 1.165) is 19.3 Å². The van der Waals surface area contributed by atoms with Crippen LogP contribution in [0.3, 0.4) is 0 Å². The number of hydrogen-bond donors (Lipinski definition) is 2. The molecule has 0 aliphatic carbocycles. The minimum absolute atomic E-state index is 0.00804. The molecule has 0 saturated heterocycles. The molecule has 0 spiro atoms. The number of unbranched alkanes of at least 4 members (excludes halogenated alkanes) is 3. The number of nitrogens with one attached hydrogen (secondary N) is 1. The van der Waals surface area contributed by atoms with Crippen molar-refractivity contribution in [2.75, 3.05) is 11.9 Å². The Morgan fingerprint density at radius 3 is 2.38 bits per heavy atom. The summed E-state index contributed by atoms with van der Waals surface area (Å²) in [6.07, 6.45) is 4.36. The summed E-state index contributed by atoms with van der Waals surface area (Å²) in [4.78, 5) is 12.5. The molecule has 1 amide bonds. The van der Waals surface area contributed by atoms with Crippen molar-refractivity contribution in [2.24, 2.45) is 5.14 Å². The van der Waals surface area contributed by atoms with Crippen LogP contribution >= 0.6 is 0 Å². The first-order chi connectivity index (χ1) is 12.4. The van der Waals surface area contributed by atoms with Gasteiger partial charge in [0.15, 0.2) is 0 Å². The van der Waals surface area contributed by atoms with E-state index < -0.39 is 10.0 Å². The summed E-state index contributed by atoms with van der Waals surface area (Å²) in [5.74, 6) is 0.208. The number of rotatable bonds is 9. The van der Waals surface area contributed by atoms with Gasteiger partial charge in [-0.1, -0.05) is 38.3 Å². The topological polar surface area (TPSA) is 98.5 Å². The van der Waals surface area contributed by atoms with Crippen molar-refractivity contribution in [3.05, 3.63) is 54.1 Å². The highest BCUT2D eigenvalue weighted by Gasteiger charge is 2.13. The van der Waals surface area contributed by atoms with Gasteiger partial charge in [-0.05, 0) is 42.8 Å². The maximum atomic E-state index is 12.5. The van der Waals surface area contributed by atoms with Crippen LogP contribution in [0.25, 0.3) is 0 Å². The normalized spacial score (nSPS) is 11.2. The molecule has 0 bridgehead atoms. The van der Waals surface area contributed by atoms with Crippen LogP contribution in [-0.4, -0.2) is 20.9 Å². The first-order valence-corrected chi connectivity index (χ1v) is 10.1. The highest BCUT2D eigenvalue weighted by Crippen LogP contribution is 2.21. The monoisotopic (exact) mass is 376 g/mol. The number of benzene rings is 2. The lowest BCUT2D eigenvalue weighted by molar-refractivity contribution is 0.102. The van der Waals surface area contributed by atoms with Gasteiger partial charge in [-0.15, -0.1) is 0 Å². The maximum absolute atomic E-state index is 12.5. The third-order valence-electron chi connectivity index (χ3n) is 3.83. The molecule has 0 aliphatic rings. The predicted molar refractivity (Wildman–Crippen MR) is 102 cm³/mol. The molecule has 2 rings (SSSR count). The number of sulfonamides is 1. The van der Waals surface area contributed by atoms with E-state index in [1.165, 1.54) is 30.7 Å². The number of carbonyl (C=O) groups excluding carboxylic acids is 1. The van der Waals surface area contributed by atoms with Gasteiger partial charge >= 0.3 is 0 Å². The first kappa shape index (κ1) is 19.9. The highest BCUT2D eigenvalue weighted by atomic mass is 32.2. The molecule has 0 atom stereocenters. The van der Waals surface area contributed by atoms with Crippen molar-refractivity contribution < 1.29 is 17.9 Å². The minimum Gasteiger partial charge on any atom is -0.493 e. The molecule has 0 radical (unpaired) electrons. The summed E-state index contributed by atoms with van der Waals surface area (Å²) in [6.45, 7) is 2.71. The van der Waals surface area contributed by atoms with Crippen molar-refractivity contribution in [1.29, 1.82) is 0 Å². The van der Waals surface area contributed by atoms with E-state index in [9.17, 15) is 13.2 Å². The highest BCUT2D eigenvalue weighted by molar-refractivity contribution is 7.89. The van der Waals surface area contributed by atoms with Gasteiger partial charge in [-0.3, -0.25) is 4.79 Å². The largest absolute Gasteiger partial charge is 0.493 e. The quantitative estimate of drug-likeness (QED) is 0.654.